The van der Waals surface area contributed by atoms with Gasteiger partial charge in [-0.1, -0.05) is 6.07 Å². The highest BCUT2D eigenvalue weighted by molar-refractivity contribution is 5.95. The van der Waals surface area contributed by atoms with Gasteiger partial charge in [0.25, 0.3) is 5.91 Å². The maximum absolute atomic E-state index is 11.3. The van der Waals surface area contributed by atoms with E-state index in [1.807, 2.05) is 18.2 Å². The first kappa shape index (κ1) is 15.8. The van der Waals surface area contributed by atoms with Gasteiger partial charge in [0, 0.05) is 12.6 Å². The zero-order valence-corrected chi connectivity index (χ0v) is 12.2. The average Bonchev–Trinajstić information content (AvgIpc) is 2.49. The molecule has 3 N–H and O–H groups in total. The van der Waals surface area contributed by atoms with Crippen LogP contribution in [0.4, 0.5) is 5.69 Å². The molecule has 0 saturated heterocycles. The van der Waals surface area contributed by atoms with Gasteiger partial charge in [0.05, 0.1) is 18.9 Å². The van der Waals surface area contributed by atoms with Crippen molar-refractivity contribution in [3.8, 4) is 5.75 Å². The van der Waals surface area contributed by atoms with Crippen LogP contribution in [0.25, 0.3) is 0 Å². The molecule has 0 fully saturated rings. The van der Waals surface area contributed by atoms with Crippen LogP contribution in [0.5, 0.6) is 5.75 Å². The Hall–Kier alpha value is -1.63. The van der Waals surface area contributed by atoms with Crippen molar-refractivity contribution in [2.75, 3.05) is 38.3 Å². The molecule has 116 valence electrons. The normalized spacial score (nSPS) is 15.0. The molecule has 1 aliphatic rings. The van der Waals surface area contributed by atoms with Crippen molar-refractivity contribution in [1.82, 2.24) is 5.32 Å². The number of anilines is 1. The van der Waals surface area contributed by atoms with E-state index in [2.05, 4.69) is 17.6 Å². The van der Waals surface area contributed by atoms with Gasteiger partial charge in [-0.2, -0.15) is 0 Å². The van der Waals surface area contributed by atoms with Crippen LogP contribution >= 0.6 is 0 Å². The summed E-state index contributed by atoms with van der Waals surface area (Å²) in [5, 5.41) is 14.8. The van der Waals surface area contributed by atoms with Gasteiger partial charge in [-0.15, -0.1) is 0 Å². The highest BCUT2D eigenvalue weighted by Gasteiger charge is 2.17. The van der Waals surface area contributed by atoms with Gasteiger partial charge < -0.3 is 25.2 Å². The minimum absolute atomic E-state index is 0.0623. The number of hydrogen-bond donors (Lipinski definition) is 3. The number of nitrogens with one attached hydrogen (secondary N) is 2. The van der Waals surface area contributed by atoms with Crippen LogP contribution in [0.3, 0.4) is 0 Å². The van der Waals surface area contributed by atoms with E-state index < -0.39 is 0 Å². The topological polar surface area (TPSA) is 79.8 Å². The molecule has 1 aromatic rings. The SMILES string of the molecule is CC(NCCCOCCO)c1ccc2c(c1)NC(=O)CO2. The molecule has 0 saturated carbocycles. The van der Waals surface area contributed by atoms with E-state index in [4.69, 9.17) is 14.6 Å². The fraction of sp³-hybridized carbons (Fsp3) is 0.533. The zero-order valence-electron chi connectivity index (χ0n) is 12.2. The molecule has 1 aliphatic heterocycles. The van der Waals surface area contributed by atoms with Gasteiger partial charge in [-0.25, -0.2) is 0 Å². The fourth-order valence-electron chi connectivity index (χ4n) is 2.15. The molecule has 1 atom stereocenters. The monoisotopic (exact) mass is 294 g/mol. The third kappa shape index (κ3) is 4.70. The second-order valence-corrected chi connectivity index (χ2v) is 4.96. The Morgan fingerprint density at radius 3 is 3.14 bits per heavy atom. The van der Waals surface area contributed by atoms with E-state index >= 15 is 0 Å². The fourth-order valence-corrected chi connectivity index (χ4v) is 2.15. The molecule has 0 bridgehead atoms. The molecule has 0 aliphatic carbocycles. The number of hydrogen-bond acceptors (Lipinski definition) is 5. The van der Waals surface area contributed by atoms with E-state index in [1.165, 1.54) is 0 Å². The van der Waals surface area contributed by atoms with Gasteiger partial charge in [0.2, 0.25) is 0 Å². The summed E-state index contributed by atoms with van der Waals surface area (Å²) < 4.78 is 10.5. The lowest BCUT2D eigenvalue weighted by Gasteiger charge is -2.21. The molecule has 0 radical (unpaired) electrons. The number of benzene rings is 1. The number of aliphatic hydroxyl groups excluding tert-OH is 1. The Balaban J connectivity index is 1.81. The molecular formula is C15H22N2O4. The molecule has 0 spiro atoms. The summed E-state index contributed by atoms with van der Waals surface area (Å²) in [4.78, 5) is 11.3. The summed E-state index contributed by atoms with van der Waals surface area (Å²) in [5.41, 5.74) is 1.82. The minimum atomic E-state index is -0.124. The number of amides is 1. The van der Waals surface area contributed by atoms with Crippen molar-refractivity contribution in [3.63, 3.8) is 0 Å². The highest BCUT2D eigenvalue weighted by atomic mass is 16.5. The first-order chi connectivity index (χ1) is 10.2. The zero-order chi connectivity index (χ0) is 15.1. The smallest absolute Gasteiger partial charge is 0.262 e. The number of carbonyl (C=O) groups is 1. The van der Waals surface area contributed by atoms with Crippen LogP contribution in [0.2, 0.25) is 0 Å². The van der Waals surface area contributed by atoms with Crippen LogP contribution < -0.4 is 15.4 Å². The molecule has 1 unspecified atom stereocenters. The van der Waals surface area contributed by atoms with Crippen molar-refractivity contribution in [3.05, 3.63) is 23.8 Å². The summed E-state index contributed by atoms with van der Waals surface area (Å²) in [6.45, 7) is 4.06. The van der Waals surface area contributed by atoms with Gasteiger partial charge in [-0.05, 0) is 37.6 Å². The molecule has 6 heteroatoms. The van der Waals surface area contributed by atoms with Crippen LogP contribution in [-0.4, -0.2) is 44.0 Å². The number of carbonyl (C=O) groups excluding carboxylic acids is 1. The number of aliphatic hydroxyl groups is 1. The second-order valence-electron chi connectivity index (χ2n) is 4.96. The van der Waals surface area contributed by atoms with E-state index in [-0.39, 0.29) is 25.2 Å². The molecule has 1 amide bonds. The predicted octanol–water partition coefficient (Wildman–Crippen LogP) is 1.07. The van der Waals surface area contributed by atoms with Crippen LogP contribution in [0.1, 0.15) is 24.9 Å². The van der Waals surface area contributed by atoms with E-state index in [0.29, 0.717) is 19.0 Å². The molecular weight excluding hydrogens is 272 g/mol. The van der Waals surface area contributed by atoms with Crippen molar-refractivity contribution >= 4 is 11.6 Å². The van der Waals surface area contributed by atoms with Gasteiger partial charge in [0.1, 0.15) is 5.75 Å². The Kier molecular flexibility index (Phi) is 5.98. The lowest BCUT2D eigenvalue weighted by molar-refractivity contribution is -0.118. The van der Waals surface area contributed by atoms with Crippen LogP contribution in [0, 0.1) is 0 Å². The number of fused-ring (bicyclic) bond motifs is 1. The maximum Gasteiger partial charge on any atom is 0.262 e. The second kappa shape index (κ2) is 7.97. The molecule has 2 rings (SSSR count). The Morgan fingerprint density at radius 2 is 2.33 bits per heavy atom. The molecule has 21 heavy (non-hydrogen) atoms. The summed E-state index contributed by atoms with van der Waals surface area (Å²) in [6.07, 6.45) is 0.884. The first-order valence-corrected chi connectivity index (χ1v) is 7.19. The number of rotatable bonds is 8. The Morgan fingerprint density at radius 1 is 1.48 bits per heavy atom. The largest absolute Gasteiger partial charge is 0.482 e. The molecule has 1 aromatic carbocycles. The summed E-state index contributed by atoms with van der Waals surface area (Å²) >= 11 is 0. The average molecular weight is 294 g/mol. The molecule has 6 nitrogen and oxygen atoms in total. The Labute approximate surface area is 124 Å². The van der Waals surface area contributed by atoms with E-state index in [0.717, 1.165) is 24.2 Å². The third-order valence-electron chi connectivity index (χ3n) is 3.29. The van der Waals surface area contributed by atoms with Crippen molar-refractivity contribution in [2.24, 2.45) is 0 Å². The number of ether oxygens (including phenoxy) is 2. The van der Waals surface area contributed by atoms with Crippen LogP contribution in [0.15, 0.2) is 18.2 Å². The minimum Gasteiger partial charge on any atom is -0.482 e. The summed E-state index contributed by atoms with van der Waals surface area (Å²) in [7, 11) is 0. The standard InChI is InChI=1S/C15H22N2O4/c1-11(16-5-2-7-20-8-6-18)12-3-4-14-13(9-12)17-15(19)10-21-14/h3-4,9,11,16,18H,2,5-8,10H2,1H3,(H,17,19). The lowest BCUT2D eigenvalue weighted by Crippen LogP contribution is -2.26. The van der Waals surface area contributed by atoms with Gasteiger partial charge >= 0.3 is 0 Å². The first-order valence-electron chi connectivity index (χ1n) is 7.19. The van der Waals surface area contributed by atoms with E-state index in [1.54, 1.807) is 0 Å². The quantitative estimate of drug-likeness (QED) is 0.625. The van der Waals surface area contributed by atoms with Gasteiger partial charge in [-0.3, -0.25) is 4.79 Å². The van der Waals surface area contributed by atoms with Crippen LogP contribution in [-0.2, 0) is 9.53 Å². The summed E-state index contributed by atoms with van der Waals surface area (Å²) in [5.74, 6) is 0.587. The highest BCUT2D eigenvalue weighted by Crippen LogP contribution is 2.30. The Bertz CT molecular complexity index is 479. The van der Waals surface area contributed by atoms with Gasteiger partial charge in [0.15, 0.2) is 6.61 Å². The lowest BCUT2D eigenvalue weighted by atomic mass is 10.1. The van der Waals surface area contributed by atoms with Crippen molar-refractivity contribution < 1.29 is 19.4 Å². The predicted molar refractivity (Wildman–Crippen MR) is 79.5 cm³/mol. The maximum atomic E-state index is 11.3. The van der Waals surface area contributed by atoms with Crippen molar-refractivity contribution in [1.29, 1.82) is 0 Å². The summed E-state index contributed by atoms with van der Waals surface area (Å²) in [6, 6.07) is 5.99. The van der Waals surface area contributed by atoms with Crippen molar-refractivity contribution in [2.45, 2.75) is 19.4 Å². The molecule has 1 heterocycles. The third-order valence-corrected chi connectivity index (χ3v) is 3.29. The molecule has 0 aromatic heterocycles. The van der Waals surface area contributed by atoms with E-state index in [9.17, 15) is 4.79 Å².